The van der Waals surface area contributed by atoms with Gasteiger partial charge in [0.2, 0.25) is 6.23 Å². The molecule has 0 bridgehead atoms. The second-order valence-electron chi connectivity index (χ2n) is 8.94. The third kappa shape index (κ3) is 4.53. The average molecular weight is 475 g/mol. The molecule has 2 aliphatic heterocycles. The summed E-state index contributed by atoms with van der Waals surface area (Å²) in [6.07, 6.45) is 1.39. The third-order valence-corrected chi connectivity index (χ3v) is 6.53. The predicted octanol–water partition coefficient (Wildman–Crippen LogP) is 0.407. The van der Waals surface area contributed by atoms with Gasteiger partial charge in [0.1, 0.15) is 5.52 Å². The van der Waals surface area contributed by atoms with Gasteiger partial charge in [0.05, 0.1) is 29.4 Å². The number of nitrogens with zero attached hydrogens (tertiary/aromatic N) is 6. The Morgan fingerprint density at radius 2 is 1.91 bits per heavy atom. The van der Waals surface area contributed by atoms with Crippen molar-refractivity contribution in [2.75, 3.05) is 51.2 Å². The summed E-state index contributed by atoms with van der Waals surface area (Å²) in [6, 6.07) is 10.2. The Labute approximate surface area is 202 Å². The van der Waals surface area contributed by atoms with Crippen LogP contribution < -0.4 is 10.2 Å². The number of amides is 2. The van der Waals surface area contributed by atoms with Gasteiger partial charge in [-0.05, 0) is 19.2 Å². The van der Waals surface area contributed by atoms with Crippen molar-refractivity contribution in [2.45, 2.75) is 6.23 Å². The minimum absolute atomic E-state index is 0.175. The number of aromatic nitrogens is 3. The Bertz CT molecular complexity index is 1280. The summed E-state index contributed by atoms with van der Waals surface area (Å²) >= 11 is 0. The van der Waals surface area contributed by atoms with E-state index in [1.807, 2.05) is 12.1 Å². The van der Waals surface area contributed by atoms with Crippen LogP contribution in [0.3, 0.4) is 0 Å². The number of carbonyl (C=O) groups is 2. The number of piperazine rings is 1. The molecule has 5 rings (SSSR count). The number of H-pyrrole nitrogens is 1. The number of carbonyl (C=O) groups excluding carboxylic acids is 2. The highest BCUT2D eigenvalue weighted by Crippen LogP contribution is 2.25. The van der Waals surface area contributed by atoms with E-state index in [2.05, 4.69) is 55.3 Å². The molecule has 1 atom stereocenters. The van der Waals surface area contributed by atoms with E-state index >= 15 is 0 Å². The maximum absolute atomic E-state index is 12.8. The Kier molecular flexibility index (Phi) is 6.07. The van der Waals surface area contributed by atoms with Crippen molar-refractivity contribution in [3.8, 4) is 17.3 Å². The first-order valence-corrected chi connectivity index (χ1v) is 11.5. The normalized spacial score (nSPS) is 17.6. The summed E-state index contributed by atoms with van der Waals surface area (Å²) in [5, 5.41) is 21.3. The van der Waals surface area contributed by atoms with E-state index < -0.39 is 18.0 Å². The van der Waals surface area contributed by atoms with Crippen LogP contribution in [0, 0.1) is 17.2 Å². The number of aliphatic hydroxyl groups excluding tert-OH is 1. The minimum Gasteiger partial charge on any atom is -0.369 e. The van der Waals surface area contributed by atoms with Crippen LogP contribution in [0.5, 0.6) is 0 Å². The summed E-state index contributed by atoms with van der Waals surface area (Å²) in [6.45, 7) is 4.51. The number of hydrogen-bond acceptors (Lipinski definition) is 8. The fraction of sp³-hybridized carbons (Fsp3) is 0.375. The highest BCUT2D eigenvalue weighted by molar-refractivity contribution is 6.06. The number of nitriles is 1. The van der Waals surface area contributed by atoms with Gasteiger partial charge in [-0.15, -0.1) is 0 Å². The van der Waals surface area contributed by atoms with Gasteiger partial charge in [-0.3, -0.25) is 9.59 Å². The smallest absolute Gasteiger partial charge is 0.272 e. The lowest BCUT2D eigenvalue weighted by Crippen LogP contribution is -2.56. The summed E-state index contributed by atoms with van der Waals surface area (Å²) in [5.41, 5.74) is 3.57. The summed E-state index contributed by atoms with van der Waals surface area (Å²) in [4.78, 5) is 42.9. The number of aliphatic hydroxyl groups is 1. The summed E-state index contributed by atoms with van der Waals surface area (Å²) in [5.74, 6) is -1.52. The lowest BCUT2D eigenvalue weighted by Gasteiger charge is -2.36. The van der Waals surface area contributed by atoms with Crippen LogP contribution in [0.4, 0.5) is 5.69 Å². The van der Waals surface area contributed by atoms with Crippen molar-refractivity contribution < 1.29 is 14.7 Å². The zero-order valence-electron chi connectivity index (χ0n) is 19.3. The molecule has 2 aliphatic rings. The van der Waals surface area contributed by atoms with Gasteiger partial charge in [-0.2, -0.15) is 5.26 Å². The number of rotatable bonds is 5. The van der Waals surface area contributed by atoms with Gasteiger partial charge in [-0.1, -0.05) is 12.1 Å². The standard InChI is InChI=1S/C24H26N8O3/c1-30-6-8-31(9-7-30)17-4-2-16(3-5-17)19-12-27-21-20(28-19)18(11-26-21)22(33)29-23(34)24(35)32-13-15(10-25)14-32/h2-5,11-12,15,23,34H,6-9,13-14H2,1H3,(H,26,27)(H,29,33)/t23-/m1/s1. The summed E-state index contributed by atoms with van der Waals surface area (Å²) < 4.78 is 0. The molecule has 2 saturated heterocycles. The zero-order chi connectivity index (χ0) is 24.5. The van der Waals surface area contributed by atoms with Crippen LogP contribution in [0.25, 0.3) is 22.4 Å². The largest absolute Gasteiger partial charge is 0.369 e. The Morgan fingerprint density at radius 3 is 2.60 bits per heavy atom. The molecular formula is C24H26N8O3. The van der Waals surface area contributed by atoms with Crippen molar-refractivity contribution in [2.24, 2.45) is 5.92 Å². The van der Waals surface area contributed by atoms with Crippen LogP contribution in [0.15, 0.2) is 36.7 Å². The molecule has 11 nitrogen and oxygen atoms in total. The molecule has 0 aliphatic carbocycles. The Hall–Kier alpha value is -4.01. The van der Waals surface area contributed by atoms with Crippen LogP contribution in [0.2, 0.25) is 0 Å². The molecule has 0 unspecified atom stereocenters. The van der Waals surface area contributed by atoms with E-state index in [1.54, 1.807) is 6.20 Å². The number of fused-ring (bicyclic) bond motifs is 1. The van der Waals surface area contributed by atoms with Crippen molar-refractivity contribution in [3.63, 3.8) is 0 Å². The highest BCUT2D eigenvalue weighted by atomic mass is 16.3. The van der Waals surface area contributed by atoms with E-state index in [0.29, 0.717) is 16.9 Å². The predicted molar refractivity (Wildman–Crippen MR) is 128 cm³/mol. The van der Waals surface area contributed by atoms with Gasteiger partial charge in [0.15, 0.2) is 5.65 Å². The first-order valence-electron chi connectivity index (χ1n) is 11.5. The first-order chi connectivity index (χ1) is 16.9. The molecule has 4 heterocycles. The number of nitrogens with one attached hydrogen (secondary N) is 2. The van der Waals surface area contributed by atoms with Gasteiger partial charge >= 0.3 is 0 Å². The van der Waals surface area contributed by atoms with E-state index in [9.17, 15) is 14.7 Å². The average Bonchev–Trinajstić information content (AvgIpc) is 3.27. The number of hydrogen-bond donors (Lipinski definition) is 3. The lowest BCUT2D eigenvalue weighted by atomic mass is 10.0. The van der Waals surface area contributed by atoms with E-state index in [0.717, 1.165) is 37.4 Å². The third-order valence-electron chi connectivity index (χ3n) is 6.53. The van der Waals surface area contributed by atoms with Gasteiger partial charge in [0, 0.05) is 56.7 Å². The molecule has 0 radical (unpaired) electrons. The van der Waals surface area contributed by atoms with Crippen molar-refractivity contribution in [1.82, 2.24) is 30.1 Å². The molecule has 3 aromatic rings. The van der Waals surface area contributed by atoms with Crippen LogP contribution in [-0.4, -0.2) is 94.2 Å². The molecule has 11 heteroatoms. The number of likely N-dealkylation sites (tertiary alicyclic amines) is 1. The van der Waals surface area contributed by atoms with E-state index in [1.165, 1.54) is 11.1 Å². The number of benzene rings is 1. The first kappa shape index (κ1) is 22.8. The van der Waals surface area contributed by atoms with E-state index in [-0.39, 0.29) is 24.6 Å². The zero-order valence-corrected chi connectivity index (χ0v) is 19.3. The molecular weight excluding hydrogens is 448 g/mol. The molecule has 3 N–H and O–H groups in total. The van der Waals surface area contributed by atoms with Gasteiger partial charge in [0.25, 0.3) is 11.8 Å². The molecule has 0 spiro atoms. The quantitative estimate of drug-likeness (QED) is 0.452. The number of aromatic amines is 1. The van der Waals surface area contributed by atoms with Gasteiger partial charge < -0.3 is 30.1 Å². The molecule has 35 heavy (non-hydrogen) atoms. The SMILES string of the molecule is CN1CCN(c2ccc(-c3cnc4[nH]cc(C(=O)N[C@H](O)C(=O)N5CC(C#N)C5)c4n3)cc2)CC1. The molecule has 0 saturated carbocycles. The monoisotopic (exact) mass is 474 g/mol. The maximum atomic E-state index is 12.8. The van der Waals surface area contributed by atoms with E-state index in [4.69, 9.17) is 5.26 Å². The minimum atomic E-state index is -1.70. The Balaban J connectivity index is 1.30. The van der Waals surface area contributed by atoms with Crippen LogP contribution >= 0.6 is 0 Å². The van der Waals surface area contributed by atoms with Crippen molar-refractivity contribution in [1.29, 1.82) is 5.26 Å². The topological polar surface area (TPSA) is 141 Å². The summed E-state index contributed by atoms with van der Waals surface area (Å²) in [7, 11) is 2.13. The van der Waals surface area contributed by atoms with Crippen LogP contribution in [0.1, 0.15) is 10.4 Å². The van der Waals surface area contributed by atoms with Crippen molar-refractivity contribution >= 4 is 28.7 Å². The fourth-order valence-corrected chi connectivity index (χ4v) is 4.29. The molecule has 180 valence electrons. The van der Waals surface area contributed by atoms with Crippen LogP contribution in [-0.2, 0) is 4.79 Å². The second-order valence-corrected chi connectivity index (χ2v) is 8.94. The molecule has 1 aromatic carbocycles. The molecule has 2 aromatic heterocycles. The molecule has 2 amide bonds. The number of anilines is 1. The fourth-order valence-electron chi connectivity index (χ4n) is 4.29. The maximum Gasteiger partial charge on any atom is 0.272 e. The van der Waals surface area contributed by atoms with Gasteiger partial charge in [-0.25, -0.2) is 9.97 Å². The number of likely N-dealkylation sites (N-methyl/N-ethyl adjacent to an activating group) is 1. The lowest BCUT2D eigenvalue weighted by molar-refractivity contribution is -0.146. The van der Waals surface area contributed by atoms with Crippen molar-refractivity contribution in [3.05, 3.63) is 42.2 Å². The second kappa shape index (κ2) is 9.32. The Morgan fingerprint density at radius 1 is 1.20 bits per heavy atom. The molecule has 2 fully saturated rings. The highest BCUT2D eigenvalue weighted by Gasteiger charge is 2.34.